The number of fused-ring (bicyclic) bond motifs is 10. The molecule has 0 N–H and O–H groups in total. The van der Waals surface area contributed by atoms with E-state index in [9.17, 15) is 0 Å². The van der Waals surface area contributed by atoms with Crippen LogP contribution in [0.25, 0.3) is 78.7 Å². The zero-order valence-electron chi connectivity index (χ0n) is 33.4. The van der Waals surface area contributed by atoms with E-state index in [2.05, 4.69) is 206 Å². The van der Waals surface area contributed by atoms with Gasteiger partial charge in [0.2, 0.25) is 0 Å². The molecule has 286 valence electrons. The van der Waals surface area contributed by atoms with Crippen molar-refractivity contribution < 1.29 is 0 Å². The van der Waals surface area contributed by atoms with Gasteiger partial charge in [-0.15, -0.1) is 0 Å². The number of aromatic nitrogens is 3. The fraction of sp³-hybridized carbons (Fsp3) is 0.0517. The molecule has 8 aromatic carbocycles. The van der Waals surface area contributed by atoms with Gasteiger partial charge in [-0.3, -0.25) is 0 Å². The Kier molecular flexibility index (Phi) is 8.21. The van der Waals surface area contributed by atoms with Gasteiger partial charge in [0.05, 0.1) is 5.41 Å². The number of hydrogen-bond acceptors (Lipinski definition) is 3. The van der Waals surface area contributed by atoms with Gasteiger partial charge in [-0.25, -0.2) is 15.0 Å². The second-order valence-electron chi connectivity index (χ2n) is 16.2. The number of allylic oxidation sites excluding steroid dienone is 4. The summed E-state index contributed by atoms with van der Waals surface area (Å²) < 4.78 is 0. The van der Waals surface area contributed by atoms with Crippen molar-refractivity contribution in [3.63, 3.8) is 0 Å². The third kappa shape index (κ3) is 5.55. The van der Waals surface area contributed by atoms with Crippen LogP contribution in [0.15, 0.2) is 224 Å². The molecule has 1 spiro atoms. The van der Waals surface area contributed by atoms with Gasteiger partial charge >= 0.3 is 0 Å². The van der Waals surface area contributed by atoms with Crippen molar-refractivity contribution in [1.29, 1.82) is 0 Å². The Morgan fingerprint density at radius 3 is 1.48 bits per heavy atom. The first-order valence-electron chi connectivity index (χ1n) is 21.1. The Hall–Kier alpha value is -7.75. The van der Waals surface area contributed by atoms with Crippen LogP contribution in [0.5, 0.6) is 0 Å². The molecule has 3 aliphatic rings. The molecule has 0 bridgehead atoms. The van der Waals surface area contributed by atoms with Gasteiger partial charge in [0.15, 0.2) is 17.5 Å². The number of benzene rings is 8. The molecule has 1 heterocycles. The molecule has 0 aliphatic heterocycles. The van der Waals surface area contributed by atoms with Crippen molar-refractivity contribution in [3.05, 3.63) is 247 Å². The maximum absolute atomic E-state index is 5.34. The smallest absolute Gasteiger partial charge is 0.164 e. The van der Waals surface area contributed by atoms with E-state index in [1.807, 2.05) is 18.2 Å². The SMILES string of the molecule is C1=CC2c3ccc(-c4ccccc4-c4nc(-c5ccccc5)nc(-c5ccc(-c6ccccc6)c(-c6ccccc6)c5)n4)cc3C3(c4ccccc4-c4ccccc43)C2C=C1. The standard InChI is InChI=1S/C58H39N3/c1-4-18-38(19-5-1)44-34-33-42(36-50(44)39-20-6-2-7-21-39)56-59-55(40-22-8-3-9-23-40)60-57(61-56)49-28-11-10-24-43(49)41-32-35-48-47-27-14-17-31-53(47)58(54(48)37-41)51-29-15-12-25-45(51)46-26-13-16-30-52(46)58/h1-37,47,53H. The molecular formula is C58H39N3. The zero-order valence-corrected chi connectivity index (χ0v) is 33.4. The minimum atomic E-state index is -0.317. The maximum Gasteiger partial charge on any atom is 0.164 e. The Balaban J connectivity index is 1.05. The highest BCUT2D eigenvalue weighted by Crippen LogP contribution is 2.65. The van der Waals surface area contributed by atoms with Gasteiger partial charge in [0, 0.05) is 28.5 Å². The first-order chi connectivity index (χ1) is 30.3. The fourth-order valence-corrected chi connectivity index (χ4v) is 10.5. The molecule has 2 unspecified atom stereocenters. The van der Waals surface area contributed by atoms with E-state index in [-0.39, 0.29) is 17.3 Å². The summed E-state index contributed by atoms with van der Waals surface area (Å²) in [5.74, 6) is 2.44. The zero-order chi connectivity index (χ0) is 40.3. The highest BCUT2D eigenvalue weighted by Gasteiger charge is 2.57. The lowest BCUT2D eigenvalue weighted by Gasteiger charge is -2.36. The molecule has 3 nitrogen and oxygen atoms in total. The molecule has 3 aliphatic carbocycles. The minimum absolute atomic E-state index is 0.261. The normalized spacial score (nSPS) is 16.2. The first-order valence-corrected chi connectivity index (χ1v) is 21.1. The van der Waals surface area contributed by atoms with Crippen LogP contribution < -0.4 is 0 Å². The first kappa shape index (κ1) is 35.2. The summed E-state index contributed by atoms with van der Waals surface area (Å²) in [5, 5.41) is 0. The quantitative estimate of drug-likeness (QED) is 0.169. The van der Waals surface area contributed by atoms with Gasteiger partial charge in [0.25, 0.3) is 0 Å². The molecular weight excluding hydrogens is 739 g/mol. The third-order valence-corrected chi connectivity index (χ3v) is 13.1. The van der Waals surface area contributed by atoms with E-state index in [1.54, 1.807) is 0 Å². The lowest BCUT2D eigenvalue weighted by Crippen LogP contribution is -2.32. The van der Waals surface area contributed by atoms with E-state index in [0.717, 1.165) is 50.1 Å². The molecule has 0 saturated heterocycles. The lowest BCUT2D eigenvalue weighted by molar-refractivity contribution is 0.465. The molecule has 9 aromatic rings. The molecule has 0 saturated carbocycles. The second kappa shape index (κ2) is 14.2. The highest BCUT2D eigenvalue weighted by molar-refractivity contribution is 5.89. The van der Waals surface area contributed by atoms with Crippen molar-refractivity contribution in [2.45, 2.75) is 11.3 Å². The summed E-state index contributed by atoms with van der Waals surface area (Å²) in [6.07, 6.45) is 9.32. The molecule has 0 radical (unpaired) electrons. The van der Waals surface area contributed by atoms with Crippen molar-refractivity contribution in [2.24, 2.45) is 5.92 Å². The van der Waals surface area contributed by atoms with Crippen LogP contribution in [0.1, 0.15) is 28.2 Å². The van der Waals surface area contributed by atoms with Gasteiger partial charge in [-0.1, -0.05) is 212 Å². The maximum atomic E-state index is 5.34. The monoisotopic (exact) mass is 777 g/mol. The molecule has 61 heavy (non-hydrogen) atoms. The van der Waals surface area contributed by atoms with Crippen LogP contribution in [0.4, 0.5) is 0 Å². The second-order valence-corrected chi connectivity index (χ2v) is 16.2. The topological polar surface area (TPSA) is 38.7 Å². The summed E-state index contributed by atoms with van der Waals surface area (Å²) in [6.45, 7) is 0. The van der Waals surface area contributed by atoms with Gasteiger partial charge < -0.3 is 0 Å². The van der Waals surface area contributed by atoms with Crippen LogP contribution in [0.2, 0.25) is 0 Å². The summed E-state index contributed by atoms with van der Waals surface area (Å²) >= 11 is 0. The Labute approximate surface area is 356 Å². The Morgan fingerprint density at radius 2 is 0.803 bits per heavy atom. The average molecular weight is 778 g/mol. The predicted molar refractivity (Wildman–Crippen MR) is 249 cm³/mol. The number of nitrogens with zero attached hydrogens (tertiary/aromatic N) is 3. The predicted octanol–water partition coefficient (Wildman–Crippen LogP) is 14.0. The minimum Gasteiger partial charge on any atom is -0.208 e. The molecule has 2 atom stereocenters. The van der Waals surface area contributed by atoms with E-state index >= 15 is 0 Å². The average Bonchev–Trinajstić information content (AvgIpc) is 3.81. The Morgan fingerprint density at radius 1 is 0.311 bits per heavy atom. The van der Waals surface area contributed by atoms with Crippen molar-refractivity contribution in [2.75, 3.05) is 0 Å². The summed E-state index contributed by atoms with van der Waals surface area (Å²) in [6, 6.07) is 71.9. The van der Waals surface area contributed by atoms with Crippen molar-refractivity contribution in [1.82, 2.24) is 15.0 Å². The molecule has 12 rings (SSSR count). The van der Waals surface area contributed by atoms with Crippen molar-refractivity contribution in [3.8, 4) is 78.7 Å². The van der Waals surface area contributed by atoms with Crippen LogP contribution in [-0.2, 0) is 5.41 Å². The van der Waals surface area contributed by atoms with Gasteiger partial charge in [-0.05, 0) is 78.9 Å². The van der Waals surface area contributed by atoms with E-state index in [4.69, 9.17) is 15.0 Å². The summed E-state index contributed by atoms with van der Waals surface area (Å²) in [7, 11) is 0. The van der Waals surface area contributed by atoms with Crippen LogP contribution in [-0.4, -0.2) is 15.0 Å². The number of rotatable bonds is 6. The highest BCUT2D eigenvalue weighted by atomic mass is 15.0. The van der Waals surface area contributed by atoms with E-state index < -0.39 is 0 Å². The lowest BCUT2D eigenvalue weighted by atomic mass is 9.65. The third-order valence-electron chi connectivity index (χ3n) is 13.1. The van der Waals surface area contributed by atoms with Gasteiger partial charge in [0.1, 0.15) is 0 Å². The van der Waals surface area contributed by atoms with Crippen molar-refractivity contribution >= 4 is 0 Å². The fourth-order valence-electron chi connectivity index (χ4n) is 10.5. The molecule has 1 aromatic heterocycles. The molecule has 3 heteroatoms. The van der Waals surface area contributed by atoms with Crippen LogP contribution in [0, 0.1) is 5.92 Å². The summed E-state index contributed by atoms with van der Waals surface area (Å²) in [5.41, 5.74) is 17.5. The van der Waals surface area contributed by atoms with E-state index in [0.29, 0.717) is 17.5 Å². The summed E-state index contributed by atoms with van der Waals surface area (Å²) in [4.78, 5) is 15.8. The van der Waals surface area contributed by atoms with Gasteiger partial charge in [-0.2, -0.15) is 0 Å². The Bertz CT molecular complexity index is 3160. The largest absolute Gasteiger partial charge is 0.208 e. The van der Waals surface area contributed by atoms with Crippen LogP contribution in [0.3, 0.4) is 0 Å². The number of hydrogen-bond donors (Lipinski definition) is 0. The van der Waals surface area contributed by atoms with E-state index in [1.165, 1.54) is 33.4 Å². The van der Waals surface area contributed by atoms with Crippen LogP contribution >= 0.6 is 0 Å². The molecule has 0 amide bonds. The molecule has 0 fully saturated rings.